The van der Waals surface area contributed by atoms with Gasteiger partial charge in [-0.05, 0) is 89.3 Å². The molecule has 0 bridgehead atoms. The number of carbonyl (C=O) groups excluding carboxylic acids is 2. The minimum absolute atomic E-state index is 0.109. The first-order valence-electron chi connectivity index (χ1n) is 13.1. The quantitative estimate of drug-likeness (QED) is 0.138. The lowest BCUT2D eigenvalue weighted by molar-refractivity contribution is 0.102. The topological polar surface area (TPSA) is 94.3 Å². The van der Waals surface area contributed by atoms with Crippen LogP contribution in [-0.2, 0) is 0 Å². The maximum atomic E-state index is 13.4. The smallest absolute Gasteiger partial charge is 0.267 e. The minimum atomic E-state index is -0.336. The van der Waals surface area contributed by atoms with Crippen molar-refractivity contribution in [3.8, 4) is 28.1 Å². The lowest BCUT2D eigenvalue weighted by Crippen LogP contribution is -2.12. The molecule has 0 aliphatic heterocycles. The van der Waals surface area contributed by atoms with E-state index in [0.29, 0.717) is 26.6 Å². The number of nitrogens with two attached hydrogens (primary N) is 1. The third kappa shape index (κ3) is 5.58. The van der Waals surface area contributed by atoms with Gasteiger partial charge in [-0.15, -0.1) is 22.7 Å². The van der Waals surface area contributed by atoms with Crippen LogP contribution in [0.25, 0.3) is 38.7 Å². The van der Waals surface area contributed by atoms with E-state index in [-0.39, 0.29) is 11.7 Å². The van der Waals surface area contributed by atoms with Crippen LogP contribution in [0.2, 0.25) is 0 Å². The van der Waals surface area contributed by atoms with Gasteiger partial charge < -0.3 is 15.8 Å². The summed E-state index contributed by atoms with van der Waals surface area (Å²) in [6, 6.07) is 30.3. The molecule has 8 heteroatoms. The van der Waals surface area contributed by atoms with Crippen molar-refractivity contribution in [3.63, 3.8) is 0 Å². The van der Waals surface area contributed by atoms with Gasteiger partial charge in [-0.3, -0.25) is 9.59 Å². The summed E-state index contributed by atoms with van der Waals surface area (Å²) in [6.07, 6.45) is 3.35. The van der Waals surface area contributed by atoms with Crippen molar-refractivity contribution in [1.29, 1.82) is 0 Å². The Hall–Kier alpha value is -5.05. The van der Waals surface area contributed by atoms with Gasteiger partial charge in [-0.25, -0.2) is 4.98 Å². The Morgan fingerprint density at radius 3 is 2.36 bits per heavy atom. The van der Waals surface area contributed by atoms with Gasteiger partial charge in [0.25, 0.3) is 5.91 Å². The molecule has 3 aromatic heterocycles. The van der Waals surface area contributed by atoms with Crippen LogP contribution in [0.3, 0.4) is 0 Å². The molecule has 0 unspecified atom stereocenters. The number of pyridine rings is 1. The van der Waals surface area contributed by atoms with E-state index < -0.39 is 0 Å². The highest BCUT2D eigenvalue weighted by atomic mass is 32.1. The number of hydrogen-bond donors (Lipinski definition) is 2. The summed E-state index contributed by atoms with van der Waals surface area (Å²) >= 11 is 2.82. The number of rotatable bonds is 8. The standard InChI is InChI=1S/C34H25N3O3S2/c1-40-25-15-11-22(12-16-25)28-20-27(21-6-3-2-4-7-21)30-31(35)32(42-34(30)37-28)33(39)36-24-13-9-23(10-14-24)29(38)18-17-26-8-5-19-41-26/h2-20H,35H2,1H3,(H,36,39). The third-order valence-electron chi connectivity index (χ3n) is 6.75. The first-order valence-corrected chi connectivity index (χ1v) is 14.8. The highest BCUT2D eigenvalue weighted by Crippen LogP contribution is 2.41. The highest BCUT2D eigenvalue weighted by molar-refractivity contribution is 7.21. The van der Waals surface area contributed by atoms with Crippen molar-refractivity contribution in [3.05, 3.63) is 124 Å². The van der Waals surface area contributed by atoms with Crippen LogP contribution in [-0.4, -0.2) is 23.8 Å². The molecular weight excluding hydrogens is 563 g/mol. The number of aromatic nitrogens is 1. The molecule has 6 rings (SSSR count). The molecule has 3 heterocycles. The molecule has 42 heavy (non-hydrogen) atoms. The monoisotopic (exact) mass is 587 g/mol. The van der Waals surface area contributed by atoms with E-state index in [1.807, 2.05) is 78.2 Å². The van der Waals surface area contributed by atoms with E-state index in [1.165, 1.54) is 11.3 Å². The summed E-state index contributed by atoms with van der Waals surface area (Å²) in [5.74, 6) is 0.314. The normalized spacial score (nSPS) is 11.2. The molecule has 206 valence electrons. The number of fused-ring (bicyclic) bond motifs is 1. The lowest BCUT2D eigenvalue weighted by atomic mass is 9.99. The fraction of sp³-hybridized carbons (Fsp3) is 0.0294. The Labute approximate surface area is 250 Å². The van der Waals surface area contributed by atoms with E-state index in [1.54, 1.807) is 54.9 Å². The molecule has 0 spiro atoms. The van der Waals surface area contributed by atoms with E-state index in [9.17, 15) is 9.59 Å². The Bertz CT molecular complexity index is 1910. The number of nitrogens with one attached hydrogen (secondary N) is 1. The average molecular weight is 588 g/mol. The van der Waals surface area contributed by atoms with E-state index in [0.717, 1.165) is 38.4 Å². The fourth-order valence-corrected chi connectivity index (χ4v) is 6.22. The number of allylic oxidation sites excluding steroid dienone is 1. The summed E-state index contributed by atoms with van der Waals surface area (Å²) in [5, 5.41) is 5.63. The van der Waals surface area contributed by atoms with Gasteiger partial charge in [0.05, 0.1) is 18.5 Å². The number of ketones is 1. The predicted molar refractivity (Wildman–Crippen MR) is 174 cm³/mol. The largest absolute Gasteiger partial charge is 0.497 e. The number of ether oxygens (including phenoxy) is 1. The van der Waals surface area contributed by atoms with Gasteiger partial charge in [0.2, 0.25) is 0 Å². The SMILES string of the molecule is COc1ccc(-c2cc(-c3ccccc3)c3c(N)c(C(=O)Nc4ccc(C(=O)C=Cc5cccs5)cc4)sc3n2)cc1. The van der Waals surface area contributed by atoms with Crippen molar-refractivity contribution in [1.82, 2.24) is 4.98 Å². The summed E-state index contributed by atoms with van der Waals surface area (Å²) in [4.78, 5) is 32.9. The molecule has 0 aliphatic carbocycles. The molecule has 0 saturated carbocycles. The summed E-state index contributed by atoms with van der Waals surface area (Å²) in [7, 11) is 1.63. The van der Waals surface area contributed by atoms with Crippen molar-refractivity contribution in [2.45, 2.75) is 0 Å². The first-order chi connectivity index (χ1) is 20.5. The van der Waals surface area contributed by atoms with Crippen molar-refractivity contribution < 1.29 is 14.3 Å². The molecule has 0 radical (unpaired) electrons. The van der Waals surface area contributed by atoms with E-state index in [4.69, 9.17) is 15.5 Å². The van der Waals surface area contributed by atoms with Crippen LogP contribution in [0.5, 0.6) is 5.75 Å². The Morgan fingerprint density at radius 1 is 0.905 bits per heavy atom. The van der Waals surface area contributed by atoms with E-state index >= 15 is 0 Å². The fourth-order valence-electron chi connectivity index (χ4n) is 4.59. The predicted octanol–water partition coefficient (Wildman–Crippen LogP) is 8.43. The highest BCUT2D eigenvalue weighted by Gasteiger charge is 2.22. The van der Waals surface area contributed by atoms with Gasteiger partial charge in [0.1, 0.15) is 15.5 Å². The van der Waals surface area contributed by atoms with Crippen LogP contribution < -0.4 is 15.8 Å². The molecule has 1 amide bonds. The first kappa shape index (κ1) is 27.1. The molecule has 0 fully saturated rings. The maximum absolute atomic E-state index is 13.4. The van der Waals surface area contributed by atoms with E-state index in [2.05, 4.69) is 5.32 Å². The second-order valence-electron chi connectivity index (χ2n) is 9.42. The van der Waals surface area contributed by atoms with Crippen LogP contribution in [0.4, 0.5) is 11.4 Å². The Balaban J connectivity index is 1.31. The second kappa shape index (κ2) is 11.8. The van der Waals surface area contributed by atoms with Crippen molar-refractivity contribution in [2.24, 2.45) is 0 Å². The van der Waals surface area contributed by atoms with Gasteiger partial charge in [0.15, 0.2) is 5.78 Å². The molecule has 6 nitrogen and oxygen atoms in total. The van der Waals surface area contributed by atoms with Crippen molar-refractivity contribution >= 4 is 62.0 Å². The molecular formula is C34H25N3O3S2. The maximum Gasteiger partial charge on any atom is 0.267 e. The van der Waals surface area contributed by atoms with Gasteiger partial charge in [0, 0.05) is 27.1 Å². The van der Waals surface area contributed by atoms with Crippen LogP contribution in [0.1, 0.15) is 24.9 Å². The lowest BCUT2D eigenvalue weighted by Gasteiger charge is -2.09. The number of nitrogens with zero attached hydrogens (tertiary/aromatic N) is 1. The molecule has 6 aromatic rings. The molecule has 0 atom stereocenters. The second-order valence-corrected chi connectivity index (χ2v) is 11.4. The zero-order valence-corrected chi connectivity index (χ0v) is 24.2. The number of amides is 1. The Kier molecular flexibility index (Phi) is 7.64. The average Bonchev–Trinajstić information content (AvgIpc) is 3.68. The number of methoxy groups -OCH3 is 1. The minimum Gasteiger partial charge on any atom is -0.497 e. The number of hydrogen-bond acceptors (Lipinski definition) is 7. The summed E-state index contributed by atoms with van der Waals surface area (Å²) in [5.41, 5.74) is 11.7. The zero-order chi connectivity index (χ0) is 29.1. The molecule has 3 N–H and O–H groups in total. The number of nitrogen functional groups attached to an aromatic ring is 1. The summed E-state index contributed by atoms with van der Waals surface area (Å²) < 4.78 is 5.31. The molecule has 0 saturated heterocycles. The van der Waals surface area contributed by atoms with Crippen molar-refractivity contribution in [2.75, 3.05) is 18.2 Å². The van der Waals surface area contributed by atoms with Crippen LogP contribution in [0, 0.1) is 0 Å². The Morgan fingerprint density at radius 2 is 1.67 bits per heavy atom. The van der Waals surface area contributed by atoms with Gasteiger partial charge >= 0.3 is 0 Å². The molecule has 3 aromatic carbocycles. The number of anilines is 2. The number of benzene rings is 3. The van der Waals surface area contributed by atoms with Gasteiger partial charge in [-0.1, -0.05) is 36.4 Å². The van der Waals surface area contributed by atoms with Gasteiger partial charge in [-0.2, -0.15) is 0 Å². The number of carbonyl (C=O) groups is 2. The number of thiophene rings is 2. The van der Waals surface area contributed by atoms with Crippen LogP contribution in [0.15, 0.2) is 109 Å². The zero-order valence-electron chi connectivity index (χ0n) is 22.5. The van der Waals surface area contributed by atoms with Crippen LogP contribution >= 0.6 is 22.7 Å². The molecule has 0 aliphatic rings. The summed E-state index contributed by atoms with van der Waals surface area (Å²) in [6.45, 7) is 0. The third-order valence-corrected chi connectivity index (χ3v) is 8.68.